The van der Waals surface area contributed by atoms with E-state index in [4.69, 9.17) is 9.57 Å². The molecule has 94 valence electrons. The first-order chi connectivity index (χ1) is 8.05. The quantitative estimate of drug-likeness (QED) is 0.851. The number of ether oxygens (including phenoxy) is 1. The summed E-state index contributed by atoms with van der Waals surface area (Å²) >= 11 is 3.25. The zero-order valence-electron chi connectivity index (χ0n) is 9.22. The van der Waals surface area contributed by atoms with Gasteiger partial charge in [0.05, 0.1) is 13.7 Å². The molecule has 7 heteroatoms. The predicted octanol–water partition coefficient (Wildman–Crippen LogP) is 1.78. The minimum atomic E-state index is -3.65. The molecule has 0 radical (unpaired) electrons. The maximum atomic E-state index is 12.3. The molecule has 1 heterocycles. The van der Waals surface area contributed by atoms with Crippen LogP contribution < -0.4 is 4.74 Å². The first kappa shape index (κ1) is 12.8. The summed E-state index contributed by atoms with van der Waals surface area (Å²) in [6, 6.07) is 4.84. The number of hydroxylamine groups is 1. The van der Waals surface area contributed by atoms with Crippen molar-refractivity contribution in [3.05, 3.63) is 22.7 Å². The van der Waals surface area contributed by atoms with Crippen molar-refractivity contribution < 1.29 is 18.0 Å². The second-order valence-electron chi connectivity index (χ2n) is 3.51. The highest BCUT2D eigenvalue weighted by Gasteiger charge is 2.31. The summed E-state index contributed by atoms with van der Waals surface area (Å²) in [6.07, 6.45) is 0.704. The highest BCUT2D eigenvalue weighted by Crippen LogP contribution is 2.30. The molecule has 1 aliphatic rings. The van der Waals surface area contributed by atoms with Crippen LogP contribution in [0.4, 0.5) is 0 Å². The molecule has 0 amide bonds. The maximum Gasteiger partial charge on any atom is 0.268 e. The molecule has 1 aromatic rings. The SMILES string of the molecule is COc1ccc(Br)cc1S(=O)(=O)N1CCCO1. The van der Waals surface area contributed by atoms with Crippen molar-refractivity contribution in [1.82, 2.24) is 4.47 Å². The van der Waals surface area contributed by atoms with Crippen LogP contribution in [0.1, 0.15) is 6.42 Å². The van der Waals surface area contributed by atoms with E-state index < -0.39 is 10.0 Å². The molecular formula is C10H12BrNO4S. The number of halogens is 1. The second-order valence-corrected chi connectivity index (χ2v) is 6.23. The molecule has 1 fully saturated rings. The Bertz CT molecular complexity index is 511. The predicted molar refractivity (Wildman–Crippen MR) is 65.2 cm³/mol. The van der Waals surface area contributed by atoms with E-state index in [-0.39, 0.29) is 4.90 Å². The number of nitrogens with zero attached hydrogens (tertiary/aromatic N) is 1. The molecule has 17 heavy (non-hydrogen) atoms. The lowest BCUT2D eigenvalue weighted by molar-refractivity contribution is -0.0285. The molecule has 1 aromatic carbocycles. The third kappa shape index (κ3) is 2.47. The second kappa shape index (κ2) is 4.93. The molecule has 0 atom stereocenters. The van der Waals surface area contributed by atoms with Crippen LogP contribution in [-0.4, -0.2) is 33.1 Å². The van der Waals surface area contributed by atoms with E-state index in [1.54, 1.807) is 12.1 Å². The van der Waals surface area contributed by atoms with Crippen LogP contribution in [0.25, 0.3) is 0 Å². The van der Waals surface area contributed by atoms with Gasteiger partial charge in [0, 0.05) is 11.0 Å². The van der Waals surface area contributed by atoms with Crippen molar-refractivity contribution in [3.63, 3.8) is 0 Å². The van der Waals surface area contributed by atoms with Crippen LogP contribution in [0.3, 0.4) is 0 Å². The van der Waals surface area contributed by atoms with Crippen molar-refractivity contribution in [2.45, 2.75) is 11.3 Å². The smallest absolute Gasteiger partial charge is 0.268 e. The Hall–Kier alpha value is -0.630. The fourth-order valence-corrected chi connectivity index (χ4v) is 3.57. The minimum Gasteiger partial charge on any atom is -0.495 e. The monoisotopic (exact) mass is 321 g/mol. The highest BCUT2D eigenvalue weighted by molar-refractivity contribution is 9.10. The van der Waals surface area contributed by atoms with Gasteiger partial charge >= 0.3 is 0 Å². The van der Waals surface area contributed by atoms with Gasteiger partial charge in [0.2, 0.25) is 0 Å². The fourth-order valence-electron chi connectivity index (χ4n) is 1.58. The summed E-state index contributed by atoms with van der Waals surface area (Å²) < 4.78 is 31.3. The first-order valence-corrected chi connectivity index (χ1v) is 7.28. The van der Waals surface area contributed by atoms with Gasteiger partial charge in [-0.2, -0.15) is 0 Å². The Balaban J connectivity index is 2.47. The molecule has 0 aliphatic carbocycles. The standard InChI is InChI=1S/C10H12BrNO4S/c1-15-9-4-3-8(11)7-10(9)17(13,14)12-5-2-6-16-12/h3-4,7H,2,5-6H2,1H3. The lowest BCUT2D eigenvalue weighted by Gasteiger charge is -2.16. The van der Waals surface area contributed by atoms with Gasteiger partial charge in [-0.05, 0) is 24.6 Å². The van der Waals surface area contributed by atoms with E-state index in [0.717, 1.165) is 4.47 Å². The molecule has 0 bridgehead atoms. The third-order valence-electron chi connectivity index (χ3n) is 2.39. The summed E-state index contributed by atoms with van der Waals surface area (Å²) in [5, 5.41) is 0. The zero-order valence-corrected chi connectivity index (χ0v) is 11.6. The van der Waals surface area contributed by atoms with Crippen LogP contribution >= 0.6 is 15.9 Å². The third-order valence-corrected chi connectivity index (χ3v) is 4.58. The Morgan fingerprint density at radius 3 is 2.82 bits per heavy atom. The van der Waals surface area contributed by atoms with Gasteiger partial charge < -0.3 is 4.74 Å². The summed E-state index contributed by atoms with van der Waals surface area (Å²) in [5.41, 5.74) is 0. The summed E-state index contributed by atoms with van der Waals surface area (Å²) in [7, 11) is -2.21. The Morgan fingerprint density at radius 1 is 1.47 bits per heavy atom. The van der Waals surface area contributed by atoms with E-state index in [0.29, 0.717) is 29.8 Å². The van der Waals surface area contributed by atoms with Crippen LogP contribution in [0.5, 0.6) is 5.75 Å². The molecule has 0 aromatic heterocycles. The molecule has 1 aliphatic heterocycles. The summed E-state index contributed by atoms with van der Waals surface area (Å²) in [5.74, 6) is 0.309. The van der Waals surface area contributed by atoms with Crippen LogP contribution in [0.2, 0.25) is 0 Å². The van der Waals surface area contributed by atoms with Crippen molar-refractivity contribution >= 4 is 26.0 Å². The number of hydrogen-bond acceptors (Lipinski definition) is 4. The lowest BCUT2D eigenvalue weighted by atomic mass is 10.3. The van der Waals surface area contributed by atoms with Gasteiger partial charge in [-0.25, -0.2) is 8.42 Å². The van der Waals surface area contributed by atoms with Crippen LogP contribution in [0.15, 0.2) is 27.6 Å². The van der Waals surface area contributed by atoms with Gasteiger partial charge in [-0.3, -0.25) is 4.84 Å². The molecule has 2 rings (SSSR count). The van der Waals surface area contributed by atoms with Crippen molar-refractivity contribution in [2.75, 3.05) is 20.3 Å². The van der Waals surface area contributed by atoms with Gasteiger partial charge in [-0.1, -0.05) is 20.4 Å². The molecule has 1 saturated heterocycles. The Kier molecular flexibility index (Phi) is 3.72. The maximum absolute atomic E-state index is 12.3. The van der Waals surface area contributed by atoms with Crippen LogP contribution in [0, 0.1) is 0 Å². The Labute approximate surface area is 108 Å². The van der Waals surface area contributed by atoms with Crippen molar-refractivity contribution in [2.24, 2.45) is 0 Å². The molecule has 5 nitrogen and oxygen atoms in total. The van der Waals surface area contributed by atoms with Crippen molar-refractivity contribution in [3.8, 4) is 5.75 Å². The molecule has 0 saturated carbocycles. The molecule has 0 spiro atoms. The highest BCUT2D eigenvalue weighted by atomic mass is 79.9. The normalized spacial score (nSPS) is 17.3. The van der Waals surface area contributed by atoms with E-state index in [2.05, 4.69) is 15.9 Å². The average molecular weight is 322 g/mol. The van der Waals surface area contributed by atoms with Gasteiger partial charge in [0.25, 0.3) is 10.0 Å². The first-order valence-electron chi connectivity index (χ1n) is 5.05. The van der Waals surface area contributed by atoms with Gasteiger partial charge in [0.15, 0.2) is 0 Å². The fraction of sp³-hybridized carbons (Fsp3) is 0.400. The summed E-state index contributed by atoms with van der Waals surface area (Å²) in [6.45, 7) is 0.799. The number of rotatable bonds is 3. The number of benzene rings is 1. The Morgan fingerprint density at radius 2 is 2.24 bits per heavy atom. The average Bonchev–Trinajstić information content (AvgIpc) is 2.83. The molecule has 0 unspecified atom stereocenters. The van der Waals surface area contributed by atoms with Crippen molar-refractivity contribution in [1.29, 1.82) is 0 Å². The van der Waals surface area contributed by atoms with Gasteiger partial charge in [0.1, 0.15) is 10.6 Å². The number of hydrogen-bond donors (Lipinski definition) is 0. The van der Waals surface area contributed by atoms with E-state index in [1.165, 1.54) is 13.2 Å². The topological polar surface area (TPSA) is 55.8 Å². The zero-order chi connectivity index (χ0) is 12.5. The lowest BCUT2D eigenvalue weighted by Crippen LogP contribution is -2.27. The van der Waals surface area contributed by atoms with E-state index >= 15 is 0 Å². The number of sulfonamides is 1. The van der Waals surface area contributed by atoms with E-state index in [1.807, 2.05) is 0 Å². The molecule has 0 N–H and O–H groups in total. The minimum absolute atomic E-state index is 0.108. The summed E-state index contributed by atoms with van der Waals surface area (Å²) in [4.78, 5) is 5.19. The van der Waals surface area contributed by atoms with E-state index in [9.17, 15) is 8.42 Å². The van der Waals surface area contributed by atoms with Gasteiger partial charge in [-0.15, -0.1) is 0 Å². The largest absolute Gasteiger partial charge is 0.495 e. The van der Waals surface area contributed by atoms with Crippen LogP contribution in [-0.2, 0) is 14.9 Å². The molecular weight excluding hydrogens is 310 g/mol. The number of methoxy groups -OCH3 is 1.